The first-order valence-electron chi connectivity index (χ1n) is 15.6. The number of alkyl halides is 3. The Morgan fingerprint density at radius 3 is 2.58 bits per heavy atom. The van der Waals surface area contributed by atoms with Gasteiger partial charge >= 0.3 is 6.18 Å². The summed E-state index contributed by atoms with van der Waals surface area (Å²) in [7, 11) is 1.96. The fraction of sp³-hybridized carbons (Fsp3) is 0.548. The number of hydrogen-bond acceptors (Lipinski definition) is 8. The number of rotatable bonds is 14. The van der Waals surface area contributed by atoms with Crippen molar-refractivity contribution in [2.24, 2.45) is 0 Å². The molecule has 0 atom stereocenters. The van der Waals surface area contributed by atoms with Crippen molar-refractivity contribution in [3.05, 3.63) is 48.3 Å². The summed E-state index contributed by atoms with van der Waals surface area (Å²) in [5.74, 6) is -1.35. The molecule has 0 unspecified atom stereocenters. The molecule has 0 aliphatic heterocycles. The predicted octanol–water partition coefficient (Wildman–Crippen LogP) is 5.77. The first-order chi connectivity index (χ1) is 21.7. The third kappa shape index (κ3) is 7.72. The summed E-state index contributed by atoms with van der Waals surface area (Å²) in [6.07, 6.45) is 4.77. The van der Waals surface area contributed by atoms with Gasteiger partial charge in [0.1, 0.15) is 17.6 Å². The average molecular weight is 632 g/mol. The highest BCUT2D eigenvalue weighted by molar-refractivity contribution is 5.93. The number of nitrogens with zero attached hydrogens (tertiary/aromatic N) is 7. The number of aromatic nitrogens is 6. The van der Waals surface area contributed by atoms with Crippen molar-refractivity contribution in [1.29, 1.82) is 0 Å². The van der Waals surface area contributed by atoms with Gasteiger partial charge in [0.15, 0.2) is 5.82 Å². The summed E-state index contributed by atoms with van der Waals surface area (Å²) < 4.78 is 63.6. The van der Waals surface area contributed by atoms with E-state index >= 15 is 0 Å². The van der Waals surface area contributed by atoms with Crippen molar-refractivity contribution in [2.45, 2.75) is 70.8 Å². The van der Waals surface area contributed by atoms with E-state index in [1.54, 1.807) is 0 Å². The van der Waals surface area contributed by atoms with E-state index in [9.17, 15) is 17.6 Å². The van der Waals surface area contributed by atoms with Crippen molar-refractivity contribution in [3.8, 4) is 17.1 Å². The summed E-state index contributed by atoms with van der Waals surface area (Å²) in [4.78, 5) is 10.8. The van der Waals surface area contributed by atoms with Gasteiger partial charge in [0, 0.05) is 61.8 Å². The maximum Gasteiger partial charge on any atom is 0.419 e. The lowest BCUT2D eigenvalue weighted by Gasteiger charge is -2.29. The lowest BCUT2D eigenvalue weighted by molar-refractivity contribution is -0.140. The van der Waals surface area contributed by atoms with Crippen LogP contribution < -0.4 is 15.4 Å². The van der Waals surface area contributed by atoms with E-state index in [1.807, 2.05) is 48.0 Å². The molecule has 0 amide bonds. The molecule has 10 nitrogen and oxygen atoms in total. The van der Waals surface area contributed by atoms with Gasteiger partial charge in [0.2, 0.25) is 0 Å². The number of likely N-dealkylation sites (N-methyl/N-ethyl adjacent to an activating group) is 1. The Balaban J connectivity index is 1.33. The van der Waals surface area contributed by atoms with Crippen molar-refractivity contribution < 1.29 is 22.3 Å². The normalized spacial score (nSPS) is 17.3. The molecule has 14 heteroatoms. The smallest absolute Gasteiger partial charge is 0.419 e. The fourth-order valence-corrected chi connectivity index (χ4v) is 5.87. The molecule has 1 aliphatic carbocycles. The van der Waals surface area contributed by atoms with Crippen LogP contribution in [0.2, 0.25) is 0 Å². The zero-order valence-corrected chi connectivity index (χ0v) is 25.9. The van der Waals surface area contributed by atoms with E-state index in [0.717, 1.165) is 79.9 Å². The molecule has 0 aromatic carbocycles. The molecule has 0 radical (unpaired) electrons. The lowest BCUT2D eigenvalue weighted by atomic mass is 9.93. The van der Waals surface area contributed by atoms with Gasteiger partial charge in [-0.15, -0.1) is 0 Å². The van der Waals surface area contributed by atoms with Crippen LogP contribution in [0.1, 0.15) is 57.6 Å². The largest absolute Gasteiger partial charge is 0.472 e. The Labute approximate surface area is 260 Å². The van der Waals surface area contributed by atoms with Gasteiger partial charge in [-0.2, -0.15) is 23.4 Å². The zero-order chi connectivity index (χ0) is 32.0. The van der Waals surface area contributed by atoms with Crippen molar-refractivity contribution >= 4 is 16.7 Å². The standard InChI is InChI=1S/C31H41F4N9O/c1-4-13-42(14-12-36-3)15-16-43-20-21(18-40-43)29-24-19-39-27(37-5-2)17-26(24)44(41-29)22-6-8-23(9-7-22)45-30-28(32)25(10-11-38-30)31(33,34)35/h10-11,17-20,22-23,36H,4-9,12-16H2,1-3H3,(H,37,39)/t22-,23+. The van der Waals surface area contributed by atoms with E-state index in [1.165, 1.54) is 0 Å². The second-order valence-electron chi connectivity index (χ2n) is 11.4. The Morgan fingerprint density at radius 2 is 1.87 bits per heavy atom. The predicted molar refractivity (Wildman–Crippen MR) is 165 cm³/mol. The molecule has 0 bridgehead atoms. The van der Waals surface area contributed by atoms with E-state index < -0.39 is 29.5 Å². The van der Waals surface area contributed by atoms with Crippen LogP contribution >= 0.6 is 0 Å². The van der Waals surface area contributed by atoms with Gasteiger partial charge in [-0.3, -0.25) is 9.36 Å². The molecule has 1 aliphatic rings. The molecular weight excluding hydrogens is 590 g/mol. The van der Waals surface area contributed by atoms with Crippen LogP contribution in [0.3, 0.4) is 0 Å². The van der Waals surface area contributed by atoms with Crippen molar-refractivity contribution in [1.82, 2.24) is 39.7 Å². The second kappa shape index (κ2) is 14.5. The number of hydrogen-bond donors (Lipinski definition) is 2. The highest BCUT2D eigenvalue weighted by Gasteiger charge is 2.36. The summed E-state index contributed by atoms with van der Waals surface area (Å²) in [6, 6.07) is 2.63. The van der Waals surface area contributed by atoms with Crippen LogP contribution in [0.15, 0.2) is 36.9 Å². The number of halogens is 4. The topological polar surface area (TPSA) is 98.0 Å². The Kier molecular flexibility index (Phi) is 10.5. The van der Waals surface area contributed by atoms with Crippen LogP contribution in [-0.2, 0) is 12.7 Å². The van der Waals surface area contributed by atoms with E-state index in [2.05, 4.69) is 37.5 Å². The third-order valence-electron chi connectivity index (χ3n) is 8.15. The van der Waals surface area contributed by atoms with Crippen LogP contribution in [-0.4, -0.2) is 80.3 Å². The summed E-state index contributed by atoms with van der Waals surface area (Å²) in [5.41, 5.74) is 1.25. The van der Waals surface area contributed by atoms with Crippen molar-refractivity contribution in [3.63, 3.8) is 0 Å². The van der Waals surface area contributed by atoms with E-state index in [4.69, 9.17) is 9.84 Å². The van der Waals surface area contributed by atoms with Gasteiger partial charge in [-0.1, -0.05) is 6.92 Å². The molecule has 4 heterocycles. The van der Waals surface area contributed by atoms with Gasteiger partial charge in [-0.25, -0.2) is 14.4 Å². The molecule has 1 fully saturated rings. The average Bonchev–Trinajstić information content (AvgIpc) is 3.64. The summed E-state index contributed by atoms with van der Waals surface area (Å²) >= 11 is 0. The Morgan fingerprint density at radius 1 is 1.07 bits per heavy atom. The second-order valence-corrected chi connectivity index (χ2v) is 11.4. The van der Waals surface area contributed by atoms with Crippen LogP contribution in [0, 0.1) is 5.82 Å². The molecule has 0 spiro atoms. The minimum Gasteiger partial charge on any atom is -0.472 e. The monoisotopic (exact) mass is 631 g/mol. The molecular formula is C31H41F4N9O. The lowest BCUT2D eigenvalue weighted by Crippen LogP contribution is -2.34. The SMILES string of the molecule is CCCN(CCNC)CCn1cc(-c2nn([C@H]3CC[C@@H](Oc4nccc(C(F)(F)F)c4F)CC3)c3cc(NCC)ncc23)cn1. The van der Waals surface area contributed by atoms with Crippen LogP contribution in [0.5, 0.6) is 5.88 Å². The van der Waals surface area contributed by atoms with E-state index in [0.29, 0.717) is 31.7 Å². The molecule has 4 aromatic heterocycles. The molecule has 4 aromatic rings. The van der Waals surface area contributed by atoms with Gasteiger partial charge in [-0.05, 0) is 58.7 Å². The Hall–Kier alpha value is -3.78. The molecule has 244 valence electrons. The number of pyridine rings is 2. The van der Waals surface area contributed by atoms with E-state index in [-0.39, 0.29) is 6.04 Å². The zero-order valence-electron chi connectivity index (χ0n) is 25.9. The maximum absolute atomic E-state index is 14.5. The minimum atomic E-state index is -4.82. The molecule has 5 rings (SSSR count). The van der Waals surface area contributed by atoms with Crippen LogP contribution in [0.25, 0.3) is 22.2 Å². The first-order valence-corrected chi connectivity index (χ1v) is 15.6. The highest BCUT2D eigenvalue weighted by Crippen LogP contribution is 2.38. The van der Waals surface area contributed by atoms with Gasteiger partial charge in [0.05, 0.1) is 29.9 Å². The number of ether oxygens (including phenoxy) is 1. The molecule has 45 heavy (non-hydrogen) atoms. The maximum atomic E-state index is 14.5. The van der Waals surface area contributed by atoms with Crippen LogP contribution in [0.4, 0.5) is 23.4 Å². The fourth-order valence-electron chi connectivity index (χ4n) is 5.87. The summed E-state index contributed by atoms with van der Waals surface area (Å²) in [5, 5.41) is 17.1. The van der Waals surface area contributed by atoms with Gasteiger partial charge < -0.3 is 20.3 Å². The number of nitrogens with one attached hydrogen (secondary N) is 2. The quantitative estimate of drug-likeness (QED) is 0.169. The third-order valence-corrected chi connectivity index (χ3v) is 8.15. The number of anilines is 1. The molecule has 2 N–H and O–H groups in total. The van der Waals surface area contributed by atoms with Gasteiger partial charge in [0.25, 0.3) is 5.88 Å². The molecule has 0 saturated heterocycles. The first kappa shape index (κ1) is 32.6. The molecule has 1 saturated carbocycles. The minimum absolute atomic E-state index is 0.0158. The summed E-state index contributed by atoms with van der Waals surface area (Å²) in [6.45, 7) is 9.51. The van der Waals surface area contributed by atoms with Crippen molar-refractivity contribution in [2.75, 3.05) is 45.1 Å². The Bertz CT molecular complexity index is 1550. The highest BCUT2D eigenvalue weighted by atomic mass is 19.4. The number of fused-ring (bicyclic) bond motifs is 1.